The van der Waals surface area contributed by atoms with Crippen molar-refractivity contribution in [2.75, 3.05) is 0 Å². The summed E-state index contributed by atoms with van der Waals surface area (Å²) in [7, 11) is 0. The van der Waals surface area contributed by atoms with Gasteiger partial charge < -0.3 is 5.11 Å². The summed E-state index contributed by atoms with van der Waals surface area (Å²) in [5, 5.41) is 17.8. The smallest absolute Gasteiger partial charge is 0.328 e. The molecular weight excluding hydrogens is 408 g/mol. The van der Waals surface area contributed by atoms with Crippen LogP contribution in [0.15, 0.2) is 79.0 Å². The zero-order valence-corrected chi connectivity index (χ0v) is 17.7. The lowest BCUT2D eigenvalue weighted by Gasteiger charge is -2.17. The van der Waals surface area contributed by atoms with Crippen LogP contribution in [-0.4, -0.2) is 21.3 Å². The van der Waals surface area contributed by atoms with Gasteiger partial charge in [0.2, 0.25) is 0 Å². The van der Waals surface area contributed by atoms with Crippen molar-refractivity contribution in [3.8, 4) is 0 Å². The zero-order chi connectivity index (χ0) is 21.8. The normalized spacial score (nSPS) is 12.3. The molecule has 154 valence electrons. The highest BCUT2D eigenvalue weighted by atomic mass is 35.5. The molecule has 4 nitrogen and oxygen atoms in total. The highest BCUT2D eigenvalue weighted by molar-refractivity contribution is 6.30. The minimum Gasteiger partial charge on any atom is -0.478 e. The third kappa shape index (κ3) is 4.60. The molecule has 0 saturated carbocycles. The van der Waals surface area contributed by atoms with E-state index in [9.17, 15) is 4.79 Å². The predicted octanol–water partition coefficient (Wildman–Crippen LogP) is 6.68. The van der Waals surface area contributed by atoms with Gasteiger partial charge in [0, 0.05) is 16.5 Å². The molecular formula is C26H21ClN2O2. The minimum atomic E-state index is -0.965. The number of nitrogens with zero attached hydrogens (tertiary/aromatic N) is 1. The van der Waals surface area contributed by atoms with E-state index in [4.69, 9.17) is 16.7 Å². The molecule has 0 radical (unpaired) electrons. The van der Waals surface area contributed by atoms with Crippen molar-refractivity contribution >= 4 is 45.7 Å². The number of H-pyrrole nitrogens is 1. The summed E-state index contributed by atoms with van der Waals surface area (Å²) in [5.74, 6) is -0.965. The van der Waals surface area contributed by atoms with Crippen LogP contribution >= 0.6 is 11.6 Å². The number of aromatic nitrogens is 2. The van der Waals surface area contributed by atoms with Gasteiger partial charge in [0.15, 0.2) is 0 Å². The molecule has 0 aliphatic rings. The number of nitrogens with one attached hydrogen (secondary N) is 1. The van der Waals surface area contributed by atoms with Crippen molar-refractivity contribution in [1.82, 2.24) is 10.2 Å². The van der Waals surface area contributed by atoms with Gasteiger partial charge in [-0.15, -0.1) is 0 Å². The Labute approximate surface area is 185 Å². The van der Waals surface area contributed by atoms with Gasteiger partial charge >= 0.3 is 5.97 Å². The predicted molar refractivity (Wildman–Crippen MR) is 127 cm³/mol. The fourth-order valence-electron chi connectivity index (χ4n) is 3.74. The number of carboxylic acid groups (broad SMARTS) is 1. The van der Waals surface area contributed by atoms with Crippen LogP contribution in [-0.2, 0) is 4.79 Å². The molecule has 0 bridgehead atoms. The number of allylic oxidation sites excluding steroid dienone is 1. The quantitative estimate of drug-likeness (QED) is 0.266. The van der Waals surface area contributed by atoms with E-state index in [1.165, 1.54) is 5.57 Å². The Balaban J connectivity index is 1.91. The maximum atomic E-state index is 10.8. The van der Waals surface area contributed by atoms with Crippen molar-refractivity contribution in [3.05, 3.63) is 106 Å². The number of rotatable bonds is 6. The van der Waals surface area contributed by atoms with Gasteiger partial charge in [0.1, 0.15) is 0 Å². The summed E-state index contributed by atoms with van der Waals surface area (Å²) >= 11 is 6.30. The first-order chi connectivity index (χ1) is 15.0. The molecule has 0 atom stereocenters. The molecule has 1 heterocycles. The summed E-state index contributed by atoms with van der Waals surface area (Å²) in [5.41, 5.74) is 7.31. The fourth-order valence-corrected chi connectivity index (χ4v) is 3.93. The van der Waals surface area contributed by atoms with Crippen LogP contribution in [0, 0.1) is 0 Å². The van der Waals surface area contributed by atoms with E-state index < -0.39 is 5.97 Å². The second-order valence-corrected chi connectivity index (χ2v) is 7.62. The Kier molecular flexibility index (Phi) is 6.01. The van der Waals surface area contributed by atoms with Crippen molar-refractivity contribution in [1.29, 1.82) is 0 Å². The lowest BCUT2D eigenvalue weighted by atomic mass is 9.87. The molecule has 0 aliphatic carbocycles. The van der Waals surface area contributed by atoms with Crippen LogP contribution < -0.4 is 0 Å². The molecule has 0 fully saturated rings. The van der Waals surface area contributed by atoms with Crippen molar-refractivity contribution in [2.24, 2.45) is 0 Å². The van der Waals surface area contributed by atoms with E-state index in [0.29, 0.717) is 5.02 Å². The number of hydrogen-bond acceptors (Lipinski definition) is 2. The third-order valence-electron chi connectivity index (χ3n) is 5.18. The average molecular weight is 429 g/mol. The van der Waals surface area contributed by atoms with Gasteiger partial charge in [-0.25, -0.2) is 4.79 Å². The Morgan fingerprint density at radius 3 is 2.52 bits per heavy atom. The van der Waals surface area contributed by atoms with Crippen LogP contribution in [0.25, 0.3) is 28.1 Å². The number of carbonyl (C=O) groups is 1. The first-order valence-electron chi connectivity index (χ1n) is 9.99. The topological polar surface area (TPSA) is 66.0 Å². The fraction of sp³-hybridized carbons (Fsp3) is 0.0769. The minimum absolute atomic E-state index is 0.697. The second-order valence-electron chi connectivity index (χ2n) is 7.18. The Morgan fingerprint density at radius 1 is 1.03 bits per heavy atom. The highest BCUT2D eigenvalue weighted by Gasteiger charge is 2.14. The summed E-state index contributed by atoms with van der Waals surface area (Å²) in [6, 6.07) is 22.1. The lowest BCUT2D eigenvalue weighted by molar-refractivity contribution is -0.131. The molecule has 5 heteroatoms. The van der Waals surface area contributed by atoms with Crippen LogP contribution in [0.5, 0.6) is 0 Å². The number of fused-ring (bicyclic) bond motifs is 1. The van der Waals surface area contributed by atoms with E-state index in [0.717, 1.165) is 51.2 Å². The molecule has 0 amide bonds. The zero-order valence-electron chi connectivity index (χ0n) is 17.0. The molecule has 31 heavy (non-hydrogen) atoms. The molecule has 2 N–H and O–H groups in total. The number of aromatic amines is 1. The van der Waals surface area contributed by atoms with Gasteiger partial charge in [0.05, 0.1) is 11.7 Å². The summed E-state index contributed by atoms with van der Waals surface area (Å²) < 4.78 is 0. The summed E-state index contributed by atoms with van der Waals surface area (Å²) in [6.45, 7) is 2.14. The van der Waals surface area contributed by atoms with Crippen LogP contribution in [0.3, 0.4) is 0 Å². The third-order valence-corrected chi connectivity index (χ3v) is 5.41. The van der Waals surface area contributed by atoms with Gasteiger partial charge in [-0.05, 0) is 70.2 Å². The number of aliphatic carboxylic acids is 1. The Morgan fingerprint density at radius 2 is 1.81 bits per heavy atom. The molecule has 4 rings (SSSR count). The van der Waals surface area contributed by atoms with E-state index in [2.05, 4.69) is 35.3 Å². The number of halogens is 1. The molecule has 0 unspecified atom stereocenters. The monoisotopic (exact) mass is 428 g/mol. The maximum Gasteiger partial charge on any atom is 0.328 e. The molecule has 0 spiro atoms. The van der Waals surface area contributed by atoms with Crippen LogP contribution in [0.4, 0.5) is 0 Å². The molecule has 0 saturated heterocycles. The van der Waals surface area contributed by atoms with Crippen molar-refractivity contribution in [3.63, 3.8) is 0 Å². The highest BCUT2D eigenvalue weighted by Crippen LogP contribution is 2.36. The average Bonchev–Trinajstić information content (AvgIpc) is 3.24. The standard InChI is InChI=1S/C26H21ClN2O2/c1-2-23(19-4-3-5-22(27)15-19)26(20-11-12-24-21(14-20)16-28-29-24)18-9-6-17(7-10-18)8-13-25(30)31/h3-16H,2H2,1H3,(H,28,29)(H,30,31). The molecule has 1 aromatic heterocycles. The van der Waals surface area contributed by atoms with E-state index in [1.54, 1.807) is 6.08 Å². The van der Waals surface area contributed by atoms with E-state index >= 15 is 0 Å². The number of carboxylic acids is 1. The van der Waals surface area contributed by atoms with Gasteiger partial charge in [-0.1, -0.05) is 61.0 Å². The summed E-state index contributed by atoms with van der Waals surface area (Å²) in [4.78, 5) is 10.8. The molecule has 3 aromatic carbocycles. The van der Waals surface area contributed by atoms with E-state index in [1.807, 2.05) is 54.7 Å². The van der Waals surface area contributed by atoms with Crippen LogP contribution in [0.1, 0.15) is 35.6 Å². The molecule has 0 aliphatic heterocycles. The van der Waals surface area contributed by atoms with Crippen LogP contribution in [0.2, 0.25) is 5.02 Å². The largest absolute Gasteiger partial charge is 0.478 e. The van der Waals surface area contributed by atoms with Gasteiger partial charge in [-0.2, -0.15) is 5.10 Å². The first kappa shape index (κ1) is 20.6. The van der Waals surface area contributed by atoms with E-state index in [-0.39, 0.29) is 0 Å². The van der Waals surface area contributed by atoms with Crippen molar-refractivity contribution in [2.45, 2.75) is 13.3 Å². The Hall–Kier alpha value is -3.63. The van der Waals surface area contributed by atoms with Crippen molar-refractivity contribution < 1.29 is 9.90 Å². The number of benzene rings is 3. The molecule has 4 aromatic rings. The number of hydrogen-bond donors (Lipinski definition) is 2. The second kappa shape index (κ2) is 9.02. The lowest BCUT2D eigenvalue weighted by Crippen LogP contribution is -1.95. The SMILES string of the molecule is CCC(=C(c1ccc(C=CC(=O)O)cc1)c1ccc2[nH]ncc2c1)c1cccc(Cl)c1. The Bertz CT molecular complexity index is 1300. The van der Waals surface area contributed by atoms with Gasteiger partial charge in [0.25, 0.3) is 0 Å². The summed E-state index contributed by atoms with van der Waals surface area (Å²) in [6.07, 6.45) is 5.37. The van der Waals surface area contributed by atoms with Gasteiger partial charge in [-0.3, -0.25) is 5.10 Å². The first-order valence-corrected chi connectivity index (χ1v) is 10.4. The maximum absolute atomic E-state index is 10.8.